The van der Waals surface area contributed by atoms with Crippen LogP contribution in [0.25, 0.3) is 0 Å². The summed E-state index contributed by atoms with van der Waals surface area (Å²) in [6.07, 6.45) is 2.23. The van der Waals surface area contributed by atoms with E-state index in [1.165, 1.54) is 4.31 Å². The van der Waals surface area contributed by atoms with Crippen molar-refractivity contribution < 1.29 is 8.42 Å². The summed E-state index contributed by atoms with van der Waals surface area (Å²) >= 11 is 3.32. The second kappa shape index (κ2) is 6.56. The molecule has 1 unspecified atom stereocenters. The molecule has 1 heterocycles. The van der Waals surface area contributed by atoms with Crippen LogP contribution in [0.3, 0.4) is 0 Å². The first-order chi connectivity index (χ1) is 9.45. The van der Waals surface area contributed by atoms with Gasteiger partial charge in [0.05, 0.1) is 4.90 Å². The summed E-state index contributed by atoms with van der Waals surface area (Å²) in [4.78, 5) is 2.71. The zero-order chi connectivity index (χ0) is 14.8. The summed E-state index contributed by atoms with van der Waals surface area (Å²) in [5.74, 6) is 0. The Morgan fingerprint density at radius 3 is 2.60 bits per heavy atom. The summed E-state index contributed by atoms with van der Waals surface area (Å²) in [6.45, 7) is 4.75. The monoisotopic (exact) mass is 360 g/mol. The van der Waals surface area contributed by atoms with Crippen LogP contribution >= 0.6 is 15.9 Å². The molecule has 1 fully saturated rings. The number of halogens is 1. The molecular formula is C14H21BrN2O2S. The minimum absolute atomic E-state index is 0.343. The number of hydrogen-bond acceptors (Lipinski definition) is 3. The molecule has 4 nitrogen and oxygen atoms in total. The molecule has 0 aliphatic carbocycles. The second-order valence-electron chi connectivity index (χ2n) is 5.16. The van der Waals surface area contributed by atoms with Crippen LogP contribution in [0.2, 0.25) is 0 Å². The lowest BCUT2D eigenvalue weighted by Gasteiger charge is -2.27. The summed E-state index contributed by atoms with van der Waals surface area (Å²) in [5.41, 5.74) is 0. The van der Waals surface area contributed by atoms with Crippen molar-refractivity contribution in [3.05, 3.63) is 28.7 Å². The van der Waals surface area contributed by atoms with Gasteiger partial charge in [-0.3, -0.25) is 4.90 Å². The van der Waals surface area contributed by atoms with Gasteiger partial charge in [-0.1, -0.05) is 22.9 Å². The van der Waals surface area contributed by atoms with Gasteiger partial charge in [-0.25, -0.2) is 8.42 Å². The summed E-state index contributed by atoms with van der Waals surface area (Å²) < 4.78 is 27.4. The number of nitrogens with zero attached hydrogens (tertiary/aromatic N) is 2. The number of sulfonamides is 1. The van der Waals surface area contributed by atoms with E-state index in [2.05, 4.69) is 27.8 Å². The Labute approximate surface area is 129 Å². The number of rotatable bonds is 5. The Balaban J connectivity index is 2.11. The summed E-state index contributed by atoms with van der Waals surface area (Å²) in [7, 11) is -1.72. The van der Waals surface area contributed by atoms with Crippen molar-refractivity contribution in [1.29, 1.82) is 0 Å². The van der Waals surface area contributed by atoms with Gasteiger partial charge < -0.3 is 0 Å². The van der Waals surface area contributed by atoms with Gasteiger partial charge in [0, 0.05) is 24.1 Å². The van der Waals surface area contributed by atoms with E-state index in [4.69, 9.17) is 0 Å². The van der Waals surface area contributed by atoms with Crippen molar-refractivity contribution in [2.24, 2.45) is 0 Å². The Hall–Kier alpha value is -0.430. The molecule has 1 aromatic carbocycles. The predicted octanol–water partition coefficient (Wildman–Crippen LogP) is 2.55. The molecule has 0 bridgehead atoms. The van der Waals surface area contributed by atoms with E-state index in [0.717, 1.165) is 30.4 Å². The number of likely N-dealkylation sites (N-methyl/N-ethyl adjacent to an activating group) is 2. The third-order valence-electron chi connectivity index (χ3n) is 3.89. The molecule has 0 amide bonds. The summed E-state index contributed by atoms with van der Waals surface area (Å²) in [5, 5.41) is 0. The van der Waals surface area contributed by atoms with Crippen LogP contribution in [-0.2, 0) is 10.0 Å². The van der Waals surface area contributed by atoms with E-state index < -0.39 is 10.0 Å². The van der Waals surface area contributed by atoms with Gasteiger partial charge in [-0.05, 0) is 50.2 Å². The van der Waals surface area contributed by atoms with E-state index >= 15 is 0 Å². The third kappa shape index (κ3) is 3.42. The zero-order valence-corrected chi connectivity index (χ0v) is 14.3. The number of likely N-dealkylation sites (tertiary alicyclic amines) is 1. The molecule has 1 aromatic rings. The molecule has 1 aliphatic rings. The van der Waals surface area contributed by atoms with Crippen LogP contribution in [0.5, 0.6) is 0 Å². The molecule has 2 rings (SSSR count). The van der Waals surface area contributed by atoms with Gasteiger partial charge in [0.1, 0.15) is 0 Å². The minimum Gasteiger partial charge on any atom is -0.299 e. The quantitative estimate of drug-likeness (QED) is 0.809. The van der Waals surface area contributed by atoms with E-state index in [0.29, 0.717) is 17.5 Å². The van der Waals surface area contributed by atoms with Gasteiger partial charge in [-0.2, -0.15) is 4.31 Å². The molecule has 0 radical (unpaired) electrons. The van der Waals surface area contributed by atoms with Gasteiger partial charge in [0.25, 0.3) is 0 Å². The van der Waals surface area contributed by atoms with Crippen molar-refractivity contribution in [3.8, 4) is 0 Å². The molecule has 6 heteroatoms. The standard InChI is InChI=1S/C14H21BrN2O2S/c1-3-17-10-4-5-13(17)11-16(2)20(18,19)14-8-6-12(15)7-9-14/h6-9,13H,3-5,10-11H2,1-2H3. The lowest BCUT2D eigenvalue weighted by atomic mass is 10.2. The lowest BCUT2D eigenvalue weighted by Crippen LogP contribution is -2.41. The highest BCUT2D eigenvalue weighted by Gasteiger charge is 2.29. The molecule has 0 saturated carbocycles. The van der Waals surface area contributed by atoms with E-state index in [1.807, 2.05) is 0 Å². The average Bonchev–Trinajstić information content (AvgIpc) is 2.86. The van der Waals surface area contributed by atoms with Crippen LogP contribution in [-0.4, -0.2) is 50.3 Å². The molecule has 1 atom stereocenters. The van der Waals surface area contributed by atoms with Gasteiger partial charge in [-0.15, -0.1) is 0 Å². The molecular weight excluding hydrogens is 340 g/mol. The van der Waals surface area contributed by atoms with Crippen LogP contribution in [0.1, 0.15) is 19.8 Å². The van der Waals surface area contributed by atoms with Crippen LogP contribution in [0.15, 0.2) is 33.6 Å². The first-order valence-electron chi connectivity index (χ1n) is 6.91. The molecule has 0 aromatic heterocycles. The normalized spacial score (nSPS) is 20.7. The lowest BCUT2D eigenvalue weighted by molar-refractivity contribution is 0.237. The largest absolute Gasteiger partial charge is 0.299 e. The smallest absolute Gasteiger partial charge is 0.242 e. The molecule has 20 heavy (non-hydrogen) atoms. The fourth-order valence-electron chi connectivity index (χ4n) is 2.70. The SMILES string of the molecule is CCN1CCCC1CN(C)S(=O)(=O)c1ccc(Br)cc1. The van der Waals surface area contributed by atoms with Crippen LogP contribution in [0, 0.1) is 0 Å². The fraction of sp³-hybridized carbons (Fsp3) is 0.571. The molecule has 0 N–H and O–H groups in total. The zero-order valence-electron chi connectivity index (χ0n) is 11.9. The maximum absolute atomic E-state index is 12.5. The highest BCUT2D eigenvalue weighted by atomic mass is 79.9. The maximum atomic E-state index is 12.5. The Kier molecular flexibility index (Phi) is 5.23. The predicted molar refractivity (Wildman–Crippen MR) is 84.2 cm³/mol. The van der Waals surface area contributed by atoms with Crippen molar-refractivity contribution in [1.82, 2.24) is 9.21 Å². The van der Waals surface area contributed by atoms with Gasteiger partial charge in [0.15, 0.2) is 0 Å². The highest BCUT2D eigenvalue weighted by molar-refractivity contribution is 9.10. The number of benzene rings is 1. The van der Waals surface area contributed by atoms with Crippen molar-refractivity contribution in [3.63, 3.8) is 0 Å². The summed E-state index contributed by atoms with van der Waals surface area (Å²) in [6, 6.07) is 7.14. The Bertz CT molecular complexity index is 545. The molecule has 0 spiro atoms. The first-order valence-corrected chi connectivity index (χ1v) is 9.14. The highest BCUT2D eigenvalue weighted by Crippen LogP contribution is 2.22. The first kappa shape index (κ1) is 15.9. The fourth-order valence-corrected chi connectivity index (χ4v) is 4.17. The molecule has 1 aliphatic heterocycles. The number of hydrogen-bond donors (Lipinski definition) is 0. The molecule has 1 saturated heterocycles. The average molecular weight is 361 g/mol. The van der Waals surface area contributed by atoms with E-state index in [-0.39, 0.29) is 0 Å². The Morgan fingerprint density at radius 1 is 1.35 bits per heavy atom. The van der Waals surface area contributed by atoms with Crippen LogP contribution in [0.4, 0.5) is 0 Å². The third-order valence-corrected chi connectivity index (χ3v) is 6.26. The van der Waals surface area contributed by atoms with Crippen molar-refractivity contribution in [2.45, 2.75) is 30.7 Å². The second-order valence-corrected chi connectivity index (χ2v) is 8.12. The van der Waals surface area contributed by atoms with Crippen molar-refractivity contribution in [2.75, 3.05) is 26.7 Å². The van der Waals surface area contributed by atoms with E-state index in [1.54, 1.807) is 31.3 Å². The topological polar surface area (TPSA) is 40.6 Å². The molecule has 112 valence electrons. The van der Waals surface area contributed by atoms with Gasteiger partial charge >= 0.3 is 0 Å². The minimum atomic E-state index is -3.39. The Morgan fingerprint density at radius 2 is 2.00 bits per heavy atom. The van der Waals surface area contributed by atoms with Crippen molar-refractivity contribution >= 4 is 26.0 Å². The maximum Gasteiger partial charge on any atom is 0.242 e. The van der Waals surface area contributed by atoms with Crippen LogP contribution < -0.4 is 0 Å². The van der Waals surface area contributed by atoms with E-state index in [9.17, 15) is 8.42 Å². The van der Waals surface area contributed by atoms with Gasteiger partial charge in [0.2, 0.25) is 10.0 Å².